The molecule has 4 nitrogen and oxygen atoms in total. The maximum atomic E-state index is 12.2. The molecule has 2 aliphatic heterocycles. The topological polar surface area (TPSA) is 49.4 Å². The summed E-state index contributed by atoms with van der Waals surface area (Å²) in [6, 6.07) is 10.2. The monoisotopic (exact) mass is 352 g/mol. The SMILES string of the molecule is CC12CCC([Se]c3ccccc3)C(C)(C)N1C(=O)NC2=O. The molecule has 1 aromatic rings. The van der Waals surface area contributed by atoms with Gasteiger partial charge in [0.25, 0.3) is 0 Å². The summed E-state index contributed by atoms with van der Waals surface area (Å²) in [7, 11) is 0. The molecule has 0 aromatic heterocycles. The van der Waals surface area contributed by atoms with E-state index >= 15 is 0 Å². The van der Waals surface area contributed by atoms with Gasteiger partial charge in [-0.1, -0.05) is 0 Å². The number of carbonyl (C=O) groups excluding carboxylic acids is 2. The Morgan fingerprint density at radius 2 is 1.86 bits per heavy atom. The fourth-order valence-corrected chi connectivity index (χ4v) is 6.18. The molecule has 5 heteroatoms. The number of benzene rings is 1. The molecule has 21 heavy (non-hydrogen) atoms. The molecule has 3 rings (SSSR count). The number of amides is 3. The van der Waals surface area contributed by atoms with Crippen LogP contribution in [0, 0.1) is 0 Å². The van der Waals surface area contributed by atoms with Crippen LogP contribution in [0.2, 0.25) is 4.82 Å². The van der Waals surface area contributed by atoms with Crippen LogP contribution in [0.25, 0.3) is 0 Å². The van der Waals surface area contributed by atoms with Gasteiger partial charge in [-0.2, -0.15) is 0 Å². The quantitative estimate of drug-likeness (QED) is 0.651. The summed E-state index contributed by atoms with van der Waals surface area (Å²) in [5, 5.41) is 2.49. The Balaban J connectivity index is 1.90. The molecule has 0 spiro atoms. The van der Waals surface area contributed by atoms with Gasteiger partial charge in [-0.15, -0.1) is 0 Å². The number of hydrogen-bond donors (Lipinski definition) is 1. The average Bonchev–Trinajstić information content (AvgIpc) is 2.66. The molecule has 2 fully saturated rings. The molecule has 2 saturated heterocycles. The molecule has 0 saturated carbocycles. The van der Waals surface area contributed by atoms with Crippen molar-refractivity contribution in [3.05, 3.63) is 30.3 Å². The van der Waals surface area contributed by atoms with Crippen molar-refractivity contribution in [1.29, 1.82) is 0 Å². The Morgan fingerprint density at radius 1 is 1.19 bits per heavy atom. The molecule has 0 aliphatic carbocycles. The summed E-state index contributed by atoms with van der Waals surface area (Å²) < 4.78 is 1.35. The normalized spacial score (nSPS) is 31.0. The number of imide groups is 1. The third-order valence-corrected chi connectivity index (χ3v) is 8.13. The molecule has 2 unspecified atom stereocenters. The zero-order valence-corrected chi connectivity index (χ0v) is 14.3. The number of nitrogens with zero attached hydrogens (tertiary/aromatic N) is 1. The molecule has 2 aliphatic rings. The van der Waals surface area contributed by atoms with Gasteiger partial charge in [0.15, 0.2) is 0 Å². The van der Waals surface area contributed by atoms with E-state index in [1.807, 2.05) is 13.0 Å². The summed E-state index contributed by atoms with van der Waals surface area (Å²) in [5.41, 5.74) is -0.983. The number of nitrogens with one attached hydrogen (secondary N) is 1. The molecule has 1 aromatic carbocycles. The Hall–Kier alpha value is -1.32. The zero-order chi connectivity index (χ0) is 15.3. The number of urea groups is 1. The van der Waals surface area contributed by atoms with Gasteiger partial charge in [0.1, 0.15) is 0 Å². The van der Waals surface area contributed by atoms with Crippen LogP contribution in [0.15, 0.2) is 30.3 Å². The molecule has 0 bridgehead atoms. The minimum atomic E-state index is -0.677. The zero-order valence-electron chi connectivity index (χ0n) is 12.6. The second kappa shape index (κ2) is 4.85. The maximum absolute atomic E-state index is 12.2. The first kappa shape index (κ1) is 14.6. The van der Waals surface area contributed by atoms with Crippen LogP contribution in [0.5, 0.6) is 0 Å². The third-order valence-electron chi connectivity index (χ3n) is 4.69. The van der Waals surface area contributed by atoms with E-state index in [-0.39, 0.29) is 32.4 Å². The Kier molecular flexibility index (Phi) is 3.38. The summed E-state index contributed by atoms with van der Waals surface area (Å²) in [5.74, 6) is -0.147. The van der Waals surface area contributed by atoms with Crippen LogP contribution in [-0.2, 0) is 4.79 Å². The van der Waals surface area contributed by atoms with Crippen molar-refractivity contribution >= 4 is 31.4 Å². The van der Waals surface area contributed by atoms with Gasteiger partial charge in [-0.05, 0) is 0 Å². The number of carbonyl (C=O) groups is 2. The fourth-order valence-electron chi connectivity index (χ4n) is 3.51. The van der Waals surface area contributed by atoms with Crippen molar-refractivity contribution in [3.8, 4) is 0 Å². The van der Waals surface area contributed by atoms with Crippen LogP contribution in [0.3, 0.4) is 0 Å². The number of rotatable bonds is 2. The van der Waals surface area contributed by atoms with Crippen molar-refractivity contribution in [2.45, 2.75) is 49.5 Å². The van der Waals surface area contributed by atoms with Crippen molar-refractivity contribution in [2.24, 2.45) is 0 Å². The van der Waals surface area contributed by atoms with Crippen molar-refractivity contribution in [1.82, 2.24) is 10.2 Å². The first-order valence-electron chi connectivity index (χ1n) is 7.23. The van der Waals surface area contributed by atoms with E-state index in [1.54, 1.807) is 4.90 Å². The van der Waals surface area contributed by atoms with Crippen LogP contribution in [0.4, 0.5) is 4.79 Å². The molecule has 1 N–H and O–H groups in total. The van der Waals surface area contributed by atoms with E-state index in [0.717, 1.165) is 12.8 Å². The molecular formula is C16H20N2O2Se. The summed E-state index contributed by atoms with van der Waals surface area (Å²) >= 11 is 0.290. The van der Waals surface area contributed by atoms with Gasteiger partial charge in [0, 0.05) is 0 Å². The third kappa shape index (κ3) is 2.19. The van der Waals surface area contributed by atoms with Crippen LogP contribution >= 0.6 is 0 Å². The van der Waals surface area contributed by atoms with Crippen LogP contribution < -0.4 is 9.78 Å². The molecule has 0 radical (unpaired) electrons. The Morgan fingerprint density at radius 3 is 2.52 bits per heavy atom. The molecule has 3 amide bonds. The molecule has 112 valence electrons. The second-order valence-electron chi connectivity index (χ2n) is 6.48. The number of fused-ring (bicyclic) bond motifs is 1. The van der Waals surface area contributed by atoms with Gasteiger partial charge >= 0.3 is 131 Å². The van der Waals surface area contributed by atoms with Crippen molar-refractivity contribution < 1.29 is 9.59 Å². The van der Waals surface area contributed by atoms with Gasteiger partial charge in [0.05, 0.1) is 0 Å². The predicted molar refractivity (Wildman–Crippen MR) is 82.7 cm³/mol. The van der Waals surface area contributed by atoms with E-state index in [9.17, 15) is 9.59 Å². The Bertz CT molecular complexity index is 587. The van der Waals surface area contributed by atoms with Gasteiger partial charge in [0.2, 0.25) is 0 Å². The van der Waals surface area contributed by atoms with E-state index in [1.165, 1.54) is 4.46 Å². The molecule has 2 atom stereocenters. The summed E-state index contributed by atoms with van der Waals surface area (Å²) in [4.78, 5) is 26.6. The number of hydrogen-bond acceptors (Lipinski definition) is 2. The van der Waals surface area contributed by atoms with Crippen molar-refractivity contribution in [3.63, 3.8) is 0 Å². The standard InChI is InChI=1S/C16H20N2O2Se/c1-15(2)12(21-11-7-5-4-6-8-11)9-10-16(3)13(19)17-14(20)18(15)16/h4-8,12H,9-10H2,1-3H3,(H,17,19,20). The summed E-state index contributed by atoms with van der Waals surface area (Å²) in [6.45, 7) is 6.08. The van der Waals surface area contributed by atoms with E-state index in [0.29, 0.717) is 4.82 Å². The van der Waals surface area contributed by atoms with Crippen molar-refractivity contribution in [2.75, 3.05) is 0 Å². The first-order valence-corrected chi connectivity index (χ1v) is 9.08. The van der Waals surface area contributed by atoms with Gasteiger partial charge in [-0.25, -0.2) is 0 Å². The van der Waals surface area contributed by atoms with Crippen LogP contribution in [-0.4, -0.2) is 42.9 Å². The fraction of sp³-hybridized carbons (Fsp3) is 0.500. The first-order chi connectivity index (χ1) is 9.85. The summed E-state index contributed by atoms with van der Waals surface area (Å²) in [6.07, 6.45) is 1.73. The number of piperidine rings is 1. The van der Waals surface area contributed by atoms with E-state index < -0.39 is 5.54 Å². The van der Waals surface area contributed by atoms with Gasteiger partial charge in [-0.3, -0.25) is 0 Å². The van der Waals surface area contributed by atoms with Crippen LogP contribution in [0.1, 0.15) is 33.6 Å². The second-order valence-corrected chi connectivity index (χ2v) is 9.16. The predicted octanol–water partition coefficient (Wildman–Crippen LogP) is 1.69. The Labute approximate surface area is 131 Å². The minimum absolute atomic E-state index is 0.147. The van der Waals surface area contributed by atoms with E-state index in [2.05, 4.69) is 43.4 Å². The molecular weight excluding hydrogens is 331 g/mol. The van der Waals surface area contributed by atoms with E-state index in [4.69, 9.17) is 0 Å². The molecule has 2 heterocycles. The van der Waals surface area contributed by atoms with Gasteiger partial charge < -0.3 is 0 Å². The average molecular weight is 351 g/mol.